The Morgan fingerprint density at radius 2 is 2.03 bits per heavy atom. The first-order valence-corrected chi connectivity index (χ1v) is 9.68. The van der Waals surface area contributed by atoms with Gasteiger partial charge in [0, 0.05) is 18.7 Å². The highest BCUT2D eigenvalue weighted by atomic mass is 32.1. The van der Waals surface area contributed by atoms with Gasteiger partial charge in [-0.15, -0.1) is 11.3 Å². The zero-order valence-electron chi connectivity index (χ0n) is 15.4. The largest absolute Gasteiger partial charge is 0.506 e. The molecule has 2 heterocycles. The number of fused-ring (bicyclic) bond motifs is 1. The van der Waals surface area contributed by atoms with E-state index in [9.17, 15) is 19.5 Å². The number of carbonyl (C=O) groups excluding carboxylic acids is 2. The van der Waals surface area contributed by atoms with Crippen molar-refractivity contribution in [1.82, 2.24) is 4.98 Å². The lowest BCUT2D eigenvalue weighted by atomic mass is 10.1. The number of carboxylic acids is 1. The van der Waals surface area contributed by atoms with E-state index in [1.54, 1.807) is 16.2 Å². The smallest absolute Gasteiger partial charge is 0.335 e. The number of nitrogens with one attached hydrogen (secondary N) is 1. The Kier molecular flexibility index (Phi) is 4.67. The molecule has 1 aliphatic heterocycles. The van der Waals surface area contributed by atoms with E-state index in [1.165, 1.54) is 12.1 Å². The molecule has 1 atom stereocenters. The molecule has 2 amide bonds. The summed E-state index contributed by atoms with van der Waals surface area (Å²) in [7, 11) is 0. The molecule has 1 fully saturated rings. The average molecular weight is 411 g/mol. The normalized spacial score (nSPS) is 16.4. The number of aromatic carboxylic acids is 1. The molecule has 3 N–H and O–H groups in total. The number of aryl methyl sites for hydroxylation is 1. The van der Waals surface area contributed by atoms with Gasteiger partial charge in [-0.3, -0.25) is 9.59 Å². The maximum atomic E-state index is 12.6. The summed E-state index contributed by atoms with van der Waals surface area (Å²) in [6, 6.07) is 9.27. The molecule has 8 nitrogen and oxygen atoms in total. The number of hydrogen-bond donors (Lipinski definition) is 3. The third-order valence-corrected chi connectivity index (χ3v) is 5.74. The van der Waals surface area contributed by atoms with Gasteiger partial charge < -0.3 is 20.4 Å². The Hall–Kier alpha value is -3.46. The van der Waals surface area contributed by atoms with Crippen LogP contribution < -0.4 is 10.2 Å². The highest BCUT2D eigenvalue weighted by Gasteiger charge is 2.35. The van der Waals surface area contributed by atoms with Crippen LogP contribution in [0.1, 0.15) is 21.8 Å². The number of amides is 2. The van der Waals surface area contributed by atoms with Gasteiger partial charge in [0.15, 0.2) is 0 Å². The summed E-state index contributed by atoms with van der Waals surface area (Å²) in [6.45, 7) is 2.14. The standard InChI is InChI=1S/C20H17N3O5S/c1-10-21-15-8-13(3-5-17(15)29-10)23-9-12(7-18(23)25)19(26)22-14-4-2-11(20(27)28)6-16(14)24/h2-6,8,12,24H,7,9H2,1H3,(H,22,26)(H,27,28). The minimum absolute atomic E-state index is 0.0495. The molecule has 0 saturated carbocycles. The predicted molar refractivity (Wildman–Crippen MR) is 109 cm³/mol. The van der Waals surface area contributed by atoms with Gasteiger partial charge in [0.1, 0.15) is 5.75 Å². The van der Waals surface area contributed by atoms with Gasteiger partial charge in [-0.05, 0) is 43.3 Å². The number of carboxylic acid groups (broad SMARTS) is 1. The summed E-state index contributed by atoms with van der Waals surface area (Å²) in [5, 5.41) is 22.4. The van der Waals surface area contributed by atoms with E-state index in [4.69, 9.17) is 5.11 Å². The van der Waals surface area contributed by atoms with Crippen LogP contribution in [0.2, 0.25) is 0 Å². The zero-order chi connectivity index (χ0) is 20.7. The lowest BCUT2D eigenvalue weighted by Gasteiger charge is -2.17. The van der Waals surface area contributed by atoms with Crippen LogP contribution in [0.15, 0.2) is 36.4 Å². The van der Waals surface area contributed by atoms with E-state index in [-0.39, 0.29) is 35.9 Å². The fourth-order valence-electron chi connectivity index (χ4n) is 3.34. The number of nitrogens with zero attached hydrogens (tertiary/aromatic N) is 2. The number of anilines is 2. The van der Waals surface area contributed by atoms with Crippen LogP contribution in [0.4, 0.5) is 11.4 Å². The molecular formula is C20H17N3O5S. The monoisotopic (exact) mass is 411 g/mol. The first-order valence-electron chi connectivity index (χ1n) is 8.86. The summed E-state index contributed by atoms with van der Waals surface area (Å²) in [6.07, 6.45) is 0.0495. The minimum atomic E-state index is -1.18. The van der Waals surface area contributed by atoms with Crippen molar-refractivity contribution in [1.29, 1.82) is 0 Å². The van der Waals surface area contributed by atoms with Gasteiger partial charge in [-0.2, -0.15) is 0 Å². The number of hydrogen-bond acceptors (Lipinski definition) is 6. The summed E-state index contributed by atoms with van der Waals surface area (Å²) in [4.78, 5) is 42.0. The second-order valence-electron chi connectivity index (χ2n) is 6.82. The van der Waals surface area contributed by atoms with Gasteiger partial charge in [0.2, 0.25) is 11.8 Å². The number of phenols is 1. The molecule has 4 rings (SSSR count). The van der Waals surface area contributed by atoms with Gasteiger partial charge in [0.25, 0.3) is 0 Å². The van der Waals surface area contributed by atoms with E-state index in [1.807, 2.05) is 25.1 Å². The molecule has 1 saturated heterocycles. The Bertz CT molecular complexity index is 1160. The molecule has 0 radical (unpaired) electrons. The number of thiazole rings is 1. The molecule has 2 aromatic carbocycles. The number of aromatic hydroxyl groups is 1. The number of phenolic OH excluding ortho intramolecular Hbond substituents is 1. The molecule has 3 aromatic rings. The molecule has 1 unspecified atom stereocenters. The summed E-state index contributed by atoms with van der Waals surface area (Å²) < 4.78 is 1.03. The van der Waals surface area contributed by atoms with Gasteiger partial charge in [0.05, 0.1) is 32.4 Å². The van der Waals surface area contributed by atoms with Crippen molar-refractivity contribution < 1.29 is 24.6 Å². The Labute approximate surface area is 169 Å². The van der Waals surface area contributed by atoms with Crippen LogP contribution in [0.5, 0.6) is 5.75 Å². The first-order chi connectivity index (χ1) is 13.8. The molecule has 1 aromatic heterocycles. The molecule has 1 aliphatic rings. The summed E-state index contributed by atoms with van der Waals surface area (Å²) in [5.41, 5.74) is 1.52. The van der Waals surface area contributed by atoms with Crippen molar-refractivity contribution in [2.75, 3.05) is 16.8 Å². The third-order valence-electron chi connectivity index (χ3n) is 4.79. The van der Waals surface area contributed by atoms with Gasteiger partial charge in [-0.25, -0.2) is 9.78 Å². The van der Waals surface area contributed by atoms with Crippen LogP contribution in [0.25, 0.3) is 10.2 Å². The second-order valence-corrected chi connectivity index (χ2v) is 8.05. The molecule has 29 heavy (non-hydrogen) atoms. The highest BCUT2D eigenvalue weighted by molar-refractivity contribution is 7.18. The lowest BCUT2D eigenvalue weighted by molar-refractivity contribution is -0.122. The van der Waals surface area contributed by atoms with E-state index < -0.39 is 17.8 Å². The highest BCUT2D eigenvalue weighted by Crippen LogP contribution is 2.31. The quantitative estimate of drug-likeness (QED) is 0.568. The van der Waals surface area contributed by atoms with E-state index >= 15 is 0 Å². The van der Waals surface area contributed by atoms with Crippen molar-refractivity contribution in [3.63, 3.8) is 0 Å². The molecule has 0 bridgehead atoms. The van der Waals surface area contributed by atoms with Crippen molar-refractivity contribution in [2.45, 2.75) is 13.3 Å². The fraction of sp³-hybridized carbons (Fsp3) is 0.200. The maximum absolute atomic E-state index is 12.6. The second kappa shape index (κ2) is 7.17. The Morgan fingerprint density at radius 3 is 2.76 bits per heavy atom. The molecular weight excluding hydrogens is 394 g/mol. The molecule has 0 spiro atoms. The van der Waals surface area contributed by atoms with Gasteiger partial charge in [-0.1, -0.05) is 0 Å². The lowest BCUT2D eigenvalue weighted by Crippen LogP contribution is -2.28. The van der Waals surface area contributed by atoms with Crippen LogP contribution in [0.3, 0.4) is 0 Å². The average Bonchev–Trinajstić information content (AvgIpc) is 3.24. The SMILES string of the molecule is Cc1nc2cc(N3CC(C(=O)Nc4ccc(C(=O)O)cc4O)CC3=O)ccc2s1. The van der Waals surface area contributed by atoms with Crippen LogP contribution in [-0.2, 0) is 9.59 Å². The number of carbonyl (C=O) groups is 3. The fourth-order valence-corrected chi connectivity index (χ4v) is 4.14. The number of aromatic nitrogens is 1. The minimum Gasteiger partial charge on any atom is -0.506 e. The van der Waals surface area contributed by atoms with E-state index in [0.29, 0.717) is 5.69 Å². The topological polar surface area (TPSA) is 120 Å². The Balaban J connectivity index is 1.49. The zero-order valence-corrected chi connectivity index (χ0v) is 16.2. The van der Waals surface area contributed by atoms with Crippen molar-refractivity contribution in [3.8, 4) is 5.75 Å². The van der Waals surface area contributed by atoms with E-state index in [0.717, 1.165) is 21.3 Å². The van der Waals surface area contributed by atoms with Crippen molar-refractivity contribution in [2.24, 2.45) is 5.92 Å². The van der Waals surface area contributed by atoms with Crippen LogP contribution >= 0.6 is 11.3 Å². The summed E-state index contributed by atoms with van der Waals surface area (Å²) in [5.74, 6) is -2.69. The number of benzene rings is 2. The summed E-state index contributed by atoms with van der Waals surface area (Å²) >= 11 is 1.58. The van der Waals surface area contributed by atoms with Crippen molar-refractivity contribution >= 4 is 50.7 Å². The van der Waals surface area contributed by atoms with E-state index in [2.05, 4.69) is 10.3 Å². The first kappa shape index (κ1) is 18.9. The maximum Gasteiger partial charge on any atom is 0.335 e. The molecule has 148 valence electrons. The Morgan fingerprint density at radius 1 is 1.24 bits per heavy atom. The number of rotatable bonds is 4. The molecule has 0 aliphatic carbocycles. The van der Waals surface area contributed by atoms with Crippen LogP contribution in [0, 0.1) is 12.8 Å². The third kappa shape index (κ3) is 3.64. The van der Waals surface area contributed by atoms with Crippen LogP contribution in [-0.4, -0.2) is 39.5 Å². The van der Waals surface area contributed by atoms with Crippen molar-refractivity contribution in [3.05, 3.63) is 47.0 Å². The molecule has 9 heteroatoms. The van der Waals surface area contributed by atoms with Gasteiger partial charge >= 0.3 is 5.97 Å². The predicted octanol–water partition coefficient (Wildman–Crippen LogP) is 3.00.